The van der Waals surface area contributed by atoms with Gasteiger partial charge in [-0.1, -0.05) is 63.4 Å². The Morgan fingerprint density at radius 1 is 0.882 bits per heavy atom. The Balaban J connectivity index is 2.01. The molecule has 2 rings (SSSR count). The summed E-state index contributed by atoms with van der Waals surface area (Å²) in [5.74, 6) is 1.25. The van der Waals surface area contributed by atoms with Crippen LogP contribution in [0.15, 0.2) is 54.6 Å². The third kappa shape index (κ3) is 9.98. The van der Waals surface area contributed by atoms with Gasteiger partial charge in [0, 0.05) is 11.6 Å². The Hall–Kier alpha value is -2.82. The maximum absolute atomic E-state index is 13.0. The normalized spacial score (nSPS) is 12.3. The first-order valence-electron chi connectivity index (χ1n) is 12.3. The molecule has 2 aromatic rings. The van der Waals surface area contributed by atoms with Crippen molar-refractivity contribution in [1.29, 1.82) is 0 Å². The number of carbonyl (C=O) groups excluding carboxylic acids is 2. The number of nitrogens with zero attached hydrogens (tertiary/aromatic N) is 1. The van der Waals surface area contributed by atoms with E-state index in [0.717, 1.165) is 31.2 Å². The van der Waals surface area contributed by atoms with Crippen molar-refractivity contribution in [2.24, 2.45) is 5.92 Å². The summed E-state index contributed by atoms with van der Waals surface area (Å²) in [5, 5.41) is 0. The van der Waals surface area contributed by atoms with Crippen LogP contribution in [0.5, 0.6) is 5.75 Å². The Morgan fingerprint density at radius 3 is 2.09 bits per heavy atom. The van der Waals surface area contributed by atoms with Crippen molar-refractivity contribution in [3.63, 3.8) is 0 Å². The highest BCUT2D eigenvalue weighted by atomic mass is 16.6. The Bertz CT molecular complexity index is 885. The molecule has 0 fully saturated rings. The van der Waals surface area contributed by atoms with E-state index in [1.165, 1.54) is 0 Å². The predicted octanol–water partition coefficient (Wildman–Crippen LogP) is 7.29. The van der Waals surface area contributed by atoms with E-state index in [0.29, 0.717) is 23.8 Å². The number of ether oxygens (including phenoxy) is 2. The number of benzene rings is 2. The van der Waals surface area contributed by atoms with Gasteiger partial charge in [-0.05, 0) is 69.9 Å². The van der Waals surface area contributed by atoms with E-state index in [2.05, 4.69) is 13.8 Å². The molecule has 186 valence electrons. The summed E-state index contributed by atoms with van der Waals surface area (Å²) in [7, 11) is 0. The molecular formula is C29H41NO4. The molecule has 1 atom stereocenters. The predicted molar refractivity (Wildman–Crippen MR) is 137 cm³/mol. The van der Waals surface area contributed by atoms with Gasteiger partial charge in [0.25, 0.3) is 0 Å². The van der Waals surface area contributed by atoms with E-state index >= 15 is 0 Å². The van der Waals surface area contributed by atoms with Gasteiger partial charge in [0.2, 0.25) is 0 Å². The Morgan fingerprint density at radius 2 is 1.50 bits per heavy atom. The minimum absolute atomic E-state index is 0.00944. The third-order valence-electron chi connectivity index (χ3n) is 5.55. The number of ketones is 1. The molecule has 0 aromatic heterocycles. The molecule has 1 amide bonds. The third-order valence-corrected chi connectivity index (χ3v) is 5.55. The van der Waals surface area contributed by atoms with Crippen LogP contribution in [0.2, 0.25) is 0 Å². The van der Waals surface area contributed by atoms with Crippen LogP contribution in [0.25, 0.3) is 0 Å². The van der Waals surface area contributed by atoms with Crippen LogP contribution in [-0.4, -0.2) is 35.0 Å². The number of hydrogen-bond acceptors (Lipinski definition) is 4. The molecule has 2 aromatic carbocycles. The van der Waals surface area contributed by atoms with Gasteiger partial charge in [-0.3, -0.25) is 9.69 Å². The summed E-state index contributed by atoms with van der Waals surface area (Å²) in [6.07, 6.45) is 3.69. The standard InChI is InChI=1S/C29H41NO4/c1-22(2)12-10-11-13-23(3)30(28(32)34-29(4,5)6)20-27(31)25-16-18-26(19-17-25)33-21-24-14-8-7-9-15-24/h7-9,14-19,22-23H,10-13,20-21H2,1-6H3/t23-/m1/s1. The van der Waals surface area contributed by atoms with Crippen LogP contribution in [-0.2, 0) is 11.3 Å². The van der Waals surface area contributed by atoms with Crippen LogP contribution in [0, 0.1) is 5.92 Å². The van der Waals surface area contributed by atoms with Gasteiger partial charge >= 0.3 is 6.09 Å². The summed E-state index contributed by atoms with van der Waals surface area (Å²) in [4.78, 5) is 27.5. The molecule has 0 spiro atoms. The van der Waals surface area contributed by atoms with Crippen molar-refractivity contribution in [2.75, 3.05) is 6.54 Å². The first kappa shape index (κ1) is 27.4. The second-order valence-electron chi connectivity index (χ2n) is 10.4. The van der Waals surface area contributed by atoms with Gasteiger partial charge in [0.15, 0.2) is 5.78 Å². The number of Topliss-reactive ketones (excluding diaryl/α,β-unsaturated/α-hetero) is 1. The van der Waals surface area contributed by atoms with Crippen LogP contribution >= 0.6 is 0 Å². The quantitative estimate of drug-likeness (QED) is 0.243. The average Bonchev–Trinajstić information content (AvgIpc) is 2.78. The minimum atomic E-state index is -0.618. The maximum Gasteiger partial charge on any atom is 0.410 e. The molecule has 0 radical (unpaired) electrons. The smallest absolute Gasteiger partial charge is 0.410 e. The van der Waals surface area contributed by atoms with Gasteiger partial charge in [0.05, 0.1) is 6.54 Å². The van der Waals surface area contributed by atoms with E-state index in [1.54, 1.807) is 29.2 Å². The fourth-order valence-corrected chi connectivity index (χ4v) is 3.59. The van der Waals surface area contributed by atoms with Crippen molar-refractivity contribution in [3.8, 4) is 5.75 Å². The van der Waals surface area contributed by atoms with E-state index in [-0.39, 0.29) is 18.4 Å². The molecule has 0 aliphatic rings. The summed E-state index contributed by atoms with van der Waals surface area (Å²) >= 11 is 0. The van der Waals surface area contributed by atoms with Crippen molar-refractivity contribution in [1.82, 2.24) is 4.90 Å². The number of carbonyl (C=O) groups is 2. The number of rotatable bonds is 12. The lowest BCUT2D eigenvalue weighted by molar-refractivity contribution is 0.0167. The number of amides is 1. The zero-order valence-electron chi connectivity index (χ0n) is 21.7. The molecule has 0 aliphatic carbocycles. The SMILES string of the molecule is CC(C)CCCC[C@@H](C)N(CC(=O)c1ccc(OCc2ccccc2)cc1)C(=O)OC(C)(C)C. The molecule has 0 bridgehead atoms. The molecule has 5 nitrogen and oxygen atoms in total. The topological polar surface area (TPSA) is 55.8 Å². The van der Waals surface area contributed by atoms with E-state index in [9.17, 15) is 9.59 Å². The fourth-order valence-electron chi connectivity index (χ4n) is 3.59. The summed E-state index contributed by atoms with van der Waals surface area (Å²) in [6.45, 7) is 12.4. The fraction of sp³-hybridized carbons (Fsp3) is 0.517. The summed E-state index contributed by atoms with van der Waals surface area (Å²) in [5.41, 5.74) is 1.01. The molecule has 0 unspecified atom stereocenters. The van der Waals surface area contributed by atoms with Crippen LogP contribution in [0.3, 0.4) is 0 Å². The highest BCUT2D eigenvalue weighted by Gasteiger charge is 2.28. The van der Waals surface area contributed by atoms with Gasteiger partial charge in [-0.25, -0.2) is 4.79 Å². The maximum atomic E-state index is 13.0. The van der Waals surface area contributed by atoms with E-state index in [1.807, 2.05) is 58.0 Å². The Labute approximate surface area is 205 Å². The largest absolute Gasteiger partial charge is 0.489 e. The molecule has 0 saturated carbocycles. The van der Waals surface area contributed by atoms with E-state index < -0.39 is 11.7 Å². The van der Waals surface area contributed by atoms with Crippen molar-refractivity contribution < 1.29 is 19.1 Å². The highest BCUT2D eigenvalue weighted by molar-refractivity contribution is 5.99. The average molecular weight is 468 g/mol. The first-order valence-corrected chi connectivity index (χ1v) is 12.3. The lowest BCUT2D eigenvalue weighted by Crippen LogP contribution is -2.44. The molecule has 0 N–H and O–H groups in total. The van der Waals surface area contributed by atoms with Crippen molar-refractivity contribution in [3.05, 3.63) is 65.7 Å². The molecular weight excluding hydrogens is 426 g/mol. The van der Waals surface area contributed by atoms with Gasteiger partial charge in [-0.15, -0.1) is 0 Å². The van der Waals surface area contributed by atoms with Gasteiger partial charge in [0.1, 0.15) is 18.0 Å². The lowest BCUT2D eigenvalue weighted by atomic mass is 10.0. The lowest BCUT2D eigenvalue weighted by Gasteiger charge is -2.31. The molecule has 34 heavy (non-hydrogen) atoms. The molecule has 5 heteroatoms. The second-order valence-corrected chi connectivity index (χ2v) is 10.4. The number of hydrogen-bond donors (Lipinski definition) is 0. The molecule has 0 heterocycles. The minimum Gasteiger partial charge on any atom is -0.489 e. The van der Waals surface area contributed by atoms with Gasteiger partial charge in [-0.2, -0.15) is 0 Å². The zero-order chi connectivity index (χ0) is 25.1. The van der Waals surface area contributed by atoms with Gasteiger partial charge < -0.3 is 9.47 Å². The summed E-state index contributed by atoms with van der Waals surface area (Å²) in [6, 6.07) is 16.9. The number of unbranched alkanes of at least 4 members (excludes halogenated alkanes) is 1. The first-order chi connectivity index (χ1) is 16.0. The zero-order valence-corrected chi connectivity index (χ0v) is 21.7. The molecule has 0 saturated heterocycles. The highest BCUT2D eigenvalue weighted by Crippen LogP contribution is 2.19. The van der Waals surface area contributed by atoms with E-state index in [4.69, 9.17) is 9.47 Å². The van der Waals surface area contributed by atoms with Crippen LogP contribution in [0.1, 0.15) is 83.1 Å². The second kappa shape index (κ2) is 13.2. The summed E-state index contributed by atoms with van der Waals surface area (Å²) < 4.78 is 11.4. The van der Waals surface area contributed by atoms with Crippen LogP contribution < -0.4 is 4.74 Å². The Kier molecular flexibility index (Phi) is 10.6. The molecule has 0 aliphatic heterocycles. The van der Waals surface area contributed by atoms with Crippen molar-refractivity contribution in [2.45, 2.75) is 85.5 Å². The van der Waals surface area contributed by atoms with Crippen molar-refractivity contribution >= 4 is 11.9 Å². The monoisotopic (exact) mass is 467 g/mol. The van der Waals surface area contributed by atoms with Crippen LogP contribution in [0.4, 0.5) is 4.79 Å².